The van der Waals surface area contributed by atoms with E-state index in [1.54, 1.807) is 14.1 Å². The molecule has 0 amide bonds. The highest BCUT2D eigenvalue weighted by atomic mass is 16.2. The van der Waals surface area contributed by atoms with Crippen molar-refractivity contribution in [2.45, 2.75) is 58.2 Å². The molecule has 0 spiro atoms. The average molecular weight is 543 g/mol. The van der Waals surface area contributed by atoms with Crippen LogP contribution in [-0.4, -0.2) is 54.7 Å². The molecule has 0 radical (unpaired) electrons. The van der Waals surface area contributed by atoms with Crippen LogP contribution < -0.4 is 11.2 Å². The summed E-state index contributed by atoms with van der Waals surface area (Å²) in [6.45, 7) is 7.31. The van der Waals surface area contributed by atoms with Crippen LogP contribution in [0.1, 0.15) is 62.0 Å². The summed E-state index contributed by atoms with van der Waals surface area (Å²) in [4.78, 5) is 35.7. The molecular formula is C32H42N6O2. The number of fused-ring (bicyclic) bond motifs is 1. The van der Waals surface area contributed by atoms with Crippen LogP contribution in [0.25, 0.3) is 11.2 Å². The third kappa shape index (κ3) is 5.83. The summed E-state index contributed by atoms with van der Waals surface area (Å²) in [7, 11) is 3.26. The molecule has 0 bridgehead atoms. The summed E-state index contributed by atoms with van der Waals surface area (Å²) in [5.41, 5.74) is 3.06. The van der Waals surface area contributed by atoms with Crippen molar-refractivity contribution >= 4 is 11.2 Å². The lowest BCUT2D eigenvalue weighted by Gasteiger charge is -2.39. The minimum atomic E-state index is -0.335. The summed E-state index contributed by atoms with van der Waals surface area (Å²) in [5.74, 6) is 0.875. The molecule has 8 heteroatoms. The number of aromatic nitrogens is 4. The molecule has 1 fully saturated rings. The van der Waals surface area contributed by atoms with E-state index in [4.69, 9.17) is 4.98 Å². The van der Waals surface area contributed by atoms with Crippen molar-refractivity contribution < 1.29 is 0 Å². The van der Waals surface area contributed by atoms with Crippen LogP contribution in [-0.2, 0) is 27.2 Å². The minimum absolute atomic E-state index is 0.217. The molecule has 0 unspecified atom stereocenters. The number of imidazole rings is 1. The lowest BCUT2D eigenvalue weighted by Crippen LogP contribution is -2.47. The number of hydrogen-bond acceptors (Lipinski definition) is 5. The molecule has 8 nitrogen and oxygen atoms in total. The Bertz CT molecular complexity index is 1480. The number of piperazine rings is 1. The first-order valence-corrected chi connectivity index (χ1v) is 14.7. The van der Waals surface area contributed by atoms with Gasteiger partial charge in [-0.2, -0.15) is 0 Å². The molecule has 40 heavy (non-hydrogen) atoms. The maximum Gasteiger partial charge on any atom is 0.332 e. The highest BCUT2D eigenvalue weighted by Crippen LogP contribution is 2.29. The van der Waals surface area contributed by atoms with E-state index < -0.39 is 0 Å². The van der Waals surface area contributed by atoms with E-state index in [2.05, 4.69) is 82.0 Å². The summed E-state index contributed by atoms with van der Waals surface area (Å²) >= 11 is 0. The zero-order valence-corrected chi connectivity index (χ0v) is 24.1. The van der Waals surface area contributed by atoms with E-state index in [1.807, 2.05) is 0 Å². The summed E-state index contributed by atoms with van der Waals surface area (Å²) in [6, 6.07) is 21.7. The van der Waals surface area contributed by atoms with Crippen LogP contribution in [0.3, 0.4) is 0 Å². The van der Waals surface area contributed by atoms with Crippen LogP contribution in [0, 0.1) is 0 Å². The third-order valence-electron chi connectivity index (χ3n) is 8.28. The van der Waals surface area contributed by atoms with E-state index in [1.165, 1.54) is 39.5 Å². The van der Waals surface area contributed by atoms with Gasteiger partial charge in [0.05, 0.1) is 12.6 Å². The SMILES string of the molecule is CCCCCCCn1c(CN2CCN(C(c3ccccc3)c3ccccc3)CC2)nc2c1c(=O)n(C)c(=O)n2C. The first-order chi connectivity index (χ1) is 19.5. The predicted octanol–water partition coefficient (Wildman–Crippen LogP) is 4.31. The van der Waals surface area contributed by atoms with E-state index in [-0.39, 0.29) is 17.3 Å². The topological polar surface area (TPSA) is 68.3 Å². The summed E-state index contributed by atoms with van der Waals surface area (Å²) < 4.78 is 4.80. The Labute approximate surface area is 236 Å². The molecule has 0 aliphatic carbocycles. The average Bonchev–Trinajstić information content (AvgIpc) is 3.35. The van der Waals surface area contributed by atoms with Crippen molar-refractivity contribution in [3.63, 3.8) is 0 Å². The Balaban J connectivity index is 1.37. The fourth-order valence-electron chi connectivity index (χ4n) is 5.99. The first kappa shape index (κ1) is 28.1. The van der Waals surface area contributed by atoms with Gasteiger partial charge in [-0.05, 0) is 17.5 Å². The van der Waals surface area contributed by atoms with Gasteiger partial charge in [-0.3, -0.25) is 23.7 Å². The standard InChI is InChI=1S/C32H42N6O2/c1-4-5-6-7-14-19-38-27(33-30-29(38)31(39)35(3)32(40)34(30)2)24-36-20-22-37(23-21-36)28(25-15-10-8-11-16-25)26-17-12-9-13-18-26/h8-13,15-18,28H,4-7,14,19-24H2,1-3H3. The molecule has 3 heterocycles. The van der Waals surface area contributed by atoms with E-state index >= 15 is 0 Å². The Kier molecular flexibility index (Phi) is 8.97. The lowest BCUT2D eigenvalue weighted by atomic mass is 9.96. The highest BCUT2D eigenvalue weighted by Gasteiger charge is 2.28. The van der Waals surface area contributed by atoms with Crippen molar-refractivity contribution in [3.8, 4) is 0 Å². The second-order valence-corrected chi connectivity index (χ2v) is 11.0. The zero-order chi connectivity index (χ0) is 28.1. The van der Waals surface area contributed by atoms with E-state index in [0.717, 1.165) is 51.4 Å². The molecule has 212 valence electrons. The number of aryl methyl sites for hydroxylation is 2. The second-order valence-electron chi connectivity index (χ2n) is 11.0. The Morgan fingerprint density at radius 1 is 0.775 bits per heavy atom. The van der Waals surface area contributed by atoms with Gasteiger partial charge < -0.3 is 4.57 Å². The van der Waals surface area contributed by atoms with E-state index in [0.29, 0.717) is 17.7 Å². The maximum atomic E-state index is 13.2. The van der Waals surface area contributed by atoms with E-state index in [9.17, 15) is 9.59 Å². The van der Waals surface area contributed by atoms with Crippen LogP contribution >= 0.6 is 0 Å². The van der Waals surface area contributed by atoms with Crippen molar-refractivity contribution in [3.05, 3.63) is 98.5 Å². The van der Waals surface area contributed by atoms with Crippen LogP contribution in [0.5, 0.6) is 0 Å². The number of rotatable bonds is 11. The highest BCUT2D eigenvalue weighted by molar-refractivity contribution is 5.71. The fraction of sp³-hybridized carbons (Fsp3) is 0.469. The molecule has 2 aromatic carbocycles. The van der Waals surface area contributed by atoms with Gasteiger partial charge in [-0.15, -0.1) is 0 Å². The molecule has 0 atom stereocenters. The van der Waals surface area contributed by atoms with Gasteiger partial charge in [-0.1, -0.05) is 93.3 Å². The molecule has 1 saturated heterocycles. The quantitative estimate of drug-likeness (QED) is 0.264. The fourth-order valence-corrected chi connectivity index (χ4v) is 5.99. The summed E-state index contributed by atoms with van der Waals surface area (Å²) in [6.07, 6.45) is 5.74. The molecule has 1 aliphatic rings. The maximum absolute atomic E-state index is 13.2. The van der Waals surface area contributed by atoms with Gasteiger partial charge in [0.15, 0.2) is 11.2 Å². The van der Waals surface area contributed by atoms with Gasteiger partial charge in [0, 0.05) is 46.8 Å². The zero-order valence-electron chi connectivity index (χ0n) is 24.1. The smallest absolute Gasteiger partial charge is 0.321 e. The van der Waals surface area contributed by atoms with Gasteiger partial charge in [0.25, 0.3) is 5.56 Å². The molecule has 2 aromatic heterocycles. The van der Waals surface area contributed by atoms with Crippen LogP contribution in [0.4, 0.5) is 0 Å². The number of unbranched alkanes of at least 4 members (excludes halogenated alkanes) is 4. The van der Waals surface area contributed by atoms with Gasteiger partial charge in [-0.25, -0.2) is 9.78 Å². The number of hydrogen-bond donors (Lipinski definition) is 0. The molecule has 0 saturated carbocycles. The van der Waals surface area contributed by atoms with Crippen molar-refractivity contribution in [1.29, 1.82) is 0 Å². The van der Waals surface area contributed by atoms with Gasteiger partial charge in [0.2, 0.25) is 0 Å². The Morgan fingerprint density at radius 2 is 1.38 bits per heavy atom. The molecule has 0 N–H and O–H groups in total. The second kappa shape index (κ2) is 12.8. The van der Waals surface area contributed by atoms with Gasteiger partial charge in [0.1, 0.15) is 5.82 Å². The minimum Gasteiger partial charge on any atom is -0.321 e. The van der Waals surface area contributed by atoms with Crippen molar-refractivity contribution in [2.24, 2.45) is 14.1 Å². The van der Waals surface area contributed by atoms with Crippen LogP contribution in [0.15, 0.2) is 70.3 Å². The molecular weight excluding hydrogens is 500 g/mol. The number of benzene rings is 2. The normalized spacial score (nSPS) is 14.9. The number of nitrogens with zero attached hydrogens (tertiary/aromatic N) is 6. The lowest BCUT2D eigenvalue weighted by molar-refractivity contribution is 0.102. The Hall–Kier alpha value is -3.49. The van der Waals surface area contributed by atoms with Crippen molar-refractivity contribution in [1.82, 2.24) is 28.5 Å². The molecule has 4 aromatic rings. The Morgan fingerprint density at radius 3 is 1.98 bits per heavy atom. The van der Waals surface area contributed by atoms with Crippen LogP contribution in [0.2, 0.25) is 0 Å². The molecule has 5 rings (SSSR count). The largest absolute Gasteiger partial charge is 0.332 e. The molecule has 1 aliphatic heterocycles. The monoisotopic (exact) mass is 542 g/mol. The third-order valence-corrected chi connectivity index (χ3v) is 8.28. The van der Waals surface area contributed by atoms with Crippen molar-refractivity contribution in [2.75, 3.05) is 26.2 Å². The predicted molar refractivity (Wildman–Crippen MR) is 161 cm³/mol. The first-order valence-electron chi connectivity index (χ1n) is 14.7. The van der Waals surface area contributed by atoms with Gasteiger partial charge >= 0.3 is 5.69 Å². The summed E-state index contributed by atoms with van der Waals surface area (Å²) in [5, 5.41) is 0.